The number of nitrogens with zero attached hydrogens (tertiary/aromatic N) is 2. The molecule has 0 unspecified atom stereocenters. The molecule has 0 atom stereocenters. The zero-order valence-electron chi connectivity index (χ0n) is 15.9. The summed E-state index contributed by atoms with van der Waals surface area (Å²) in [5.74, 6) is 0.604. The van der Waals surface area contributed by atoms with E-state index in [9.17, 15) is 4.79 Å². The van der Waals surface area contributed by atoms with Crippen LogP contribution in [0.3, 0.4) is 0 Å². The van der Waals surface area contributed by atoms with E-state index in [0.717, 1.165) is 34.7 Å². The molecule has 1 amide bonds. The lowest BCUT2D eigenvalue weighted by atomic mass is 10.1. The Labute approximate surface area is 184 Å². The summed E-state index contributed by atoms with van der Waals surface area (Å²) in [7, 11) is 0. The molecule has 4 rings (SSSR count). The van der Waals surface area contributed by atoms with E-state index in [2.05, 4.69) is 4.98 Å². The molecule has 1 fully saturated rings. The zero-order chi connectivity index (χ0) is 20.4. The molecule has 0 spiro atoms. The van der Waals surface area contributed by atoms with Crippen LogP contribution in [0.1, 0.15) is 39.5 Å². The molecule has 0 aliphatic heterocycles. The third-order valence-electron chi connectivity index (χ3n) is 4.80. The van der Waals surface area contributed by atoms with Gasteiger partial charge in [0.05, 0.1) is 17.3 Å². The van der Waals surface area contributed by atoms with Gasteiger partial charge in [-0.3, -0.25) is 4.79 Å². The molecule has 1 aliphatic rings. The molecule has 29 heavy (non-hydrogen) atoms. The average Bonchev–Trinajstić information content (AvgIpc) is 3.45. The van der Waals surface area contributed by atoms with E-state index < -0.39 is 0 Å². The molecule has 0 bridgehead atoms. The first-order valence-electron chi connectivity index (χ1n) is 9.39. The van der Waals surface area contributed by atoms with Crippen LogP contribution in [0.2, 0.25) is 10.0 Å². The standard InChI is InChI=1S/C22H20Cl2N2O2S/c1-14-4-2-3-5-18(14)22(27)26(17-7-8-17)11-16-13-29-21(25-16)12-28-20-10-15(23)6-9-19(20)24/h2-6,9-10,13,17H,7-8,11-12H2,1H3. The number of amides is 1. The Morgan fingerprint density at radius 2 is 2.03 bits per heavy atom. The summed E-state index contributed by atoms with van der Waals surface area (Å²) >= 11 is 13.7. The molecule has 1 aromatic heterocycles. The number of ether oxygens (including phenoxy) is 1. The largest absolute Gasteiger partial charge is 0.485 e. The average molecular weight is 447 g/mol. The van der Waals surface area contributed by atoms with Gasteiger partial charge >= 0.3 is 0 Å². The molecule has 7 heteroatoms. The summed E-state index contributed by atoms with van der Waals surface area (Å²) in [6, 6.07) is 13.1. The fraction of sp³-hybridized carbons (Fsp3) is 0.273. The molecular weight excluding hydrogens is 427 g/mol. The Balaban J connectivity index is 1.44. The fourth-order valence-electron chi connectivity index (χ4n) is 3.11. The predicted molar refractivity (Wildman–Crippen MR) is 117 cm³/mol. The third-order valence-corrected chi connectivity index (χ3v) is 6.22. The van der Waals surface area contributed by atoms with Gasteiger partial charge in [0.2, 0.25) is 0 Å². The van der Waals surface area contributed by atoms with Crippen molar-refractivity contribution in [1.82, 2.24) is 9.88 Å². The van der Waals surface area contributed by atoms with Crippen LogP contribution >= 0.6 is 34.5 Å². The molecule has 1 heterocycles. The first-order valence-corrected chi connectivity index (χ1v) is 11.0. The van der Waals surface area contributed by atoms with Crippen LogP contribution < -0.4 is 4.74 Å². The van der Waals surface area contributed by atoms with Gasteiger partial charge < -0.3 is 9.64 Å². The summed E-state index contributed by atoms with van der Waals surface area (Å²) in [6.07, 6.45) is 2.09. The van der Waals surface area contributed by atoms with E-state index in [1.807, 2.05) is 41.5 Å². The van der Waals surface area contributed by atoms with Crippen molar-refractivity contribution in [2.75, 3.05) is 0 Å². The molecule has 4 nitrogen and oxygen atoms in total. The van der Waals surface area contributed by atoms with Crippen LogP contribution in [-0.2, 0) is 13.2 Å². The number of aryl methyl sites for hydroxylation is 1. The van der Waals surface area contributed by atoms with Crippen LogP contribution in [0.5, 0.6) is 5.75 Å². The smallest absolute Gasteiger partial charge is 0.254 e. The topological polar surface area (TPSA) is 42.4 Å². The van der Waals surface area contributed by atoms with Gasteiger partial charge in [-0.25, -0.2) is 4.98 Å². The van der Waals surface area contributed by atoms with Crippen molar-refractivity contribution in [3.8, 4) is 5.75 Å². The minimum atomic E-state index is 0.0714. The highest BCUT2D eigenvalue weighted by molar-refractivity contribution is 7.09. The molecule has 1 aliphatic carbocycles. The van der Waals surface area contributed by atoms with Gasteiger partial charge in [0.1, 0.15) is 17.4 Å². The fourth-order valence-corrected chi connectivity index (χ4v) is 4.14. The van der Waals surface area contributed by atoms with E-state index in [0.29, 0.717) is 35.0 Å². The molecule has 0 N–H and O–H groups in total. The predicted octanol–water partition coefficient (Wildman–Crippen LogP) is 6.14. The van der Waals surface area contributed by atoms with Crippen molar-refractivity contribution < 1.29 is 9.53 Å². The molecule has 0 saturated heterocycles. The number of carbonyl (C=O) groups is 1. The van der Waals surface area contributed by atoms with Gasteiger partial charge in [-0.1, -0.05) is 41.4 Å². The van der Waals surface area contributed by atoms with Gasteiger partial charge in [-0.2, -0.15) is 0 Å². The summed E-state index contributed by atoms with van der Waals surface area (Å²) in [6.45, 7) is 2.78. The van der Waals surface area contributed by atoms with Crippen LogP contribution in [0.25, 0.3) is 0 Å². The molecule has 2 aromatic carbocycles. The second-order valence-corrected chi connectivity index (χ2v) is 8.86. The lowest BCUT2D eigenvalue weighted by Gasteiger charge is -2.22. The highest BCUT2D eigenvalue weighted by Crippen LogP contribution is 2.31. The number of hydrogen-bond donors (Lipinski definition) is 0. The van der Waals surface area contributed by atoms with Gasteiger partial charge in [-0.15, -0.1) is 11.3 Å². The van der Waals surface area contributed by atoms with Crippen molar-refractivity contribution in [2.45, 2.75) is 39.0 Å². The zero-order valence-corrected chi connectivity index (χ0v) is 18.2. The Hall–Kier alpha value is -2.08. The van der Waals surface area contributed by atoms with Crippen LogP contribution in [0.4, 0.5) is 0 Å². The molecule has 1 saturated carbocycles. The normalized spacial score (nSPS) is 13.3. The maximum absolute atomic E-state index is 13.1. The summed E-state index contributed by atoms with van der Waals surface area (Å²) < 4.78 is 5.77. The number of benzene rings is 2. The first kappa shape index (κ1) is 20.2. The molecule has 150 valence electrons. The highest BCUT2D eigenvalue weighted by Gasteiger charge is 2.34. The Morgan fingerprint density at radius 3 is 2.79 bits per heavy atom. The Morgan fingerprint density at radius 1 is 1.24 bits per heavy atom. The number of thiazole rings is 1. The van der Waals surface area contributed by atoms with E-state index in [-0.39, 0.29) is 5.91 Å². The van der Waals surface area contributed by atoms with E-state index in [4.69, 9.17) is 27.9 Å². The lowest BCUT2D eigenvalue weighted by Crippen LogP contribution is -2.33. The van der Waals surface area contributed by atoms with Crippen molar-refractivity contribution >= 4 is 40.4 Å². The van der Waals surface area contributed by atoms with Crippen molar-refractivity contribution in [1.29, 1.82) is 0 Å². The molecular formula is C22H20Cl2N2O2S. The number of aromatic nitrogens is 1. The van der Waals surface area contributed by atoms with Gasteiger partial charge in [0.25, 0.3) is 5.91 Å². The van der Waals surface area contributed by atoms with E-state index in [1.54, 1.807) is 18.2 Å². The Bertz CT molecular complexity index is 1030. The van der Waals surface area contributed by atoms with Crippen molar-refractivity contribution in [2.24, 2.45) is 0 Å². The van der Waals surface area contributed by atoms with Gasteiger partial charge in [0.15, 0.2) is 0 Å². The number of rotatable bonds is 7. The second kappa shape index (κ2) is 8.74. The lowest BCUT2D eigenvalue weighted by molar-refractivity contribution is 0.0727. The third kappa shape index (κ3) is 4.92. The quantitative estimate of drug-likeness (QED) is 0.437. The van der Waals surface area contributed by atoms with Gasteiger partial charge in [-0.05, 0) is 43.5 Å². The van der Waals surface area contributed by atoms with Crippen molar-refractivity contribution in [3.05, 3.63) is 79.7 Å². The molecule has 0 radical (unpaired) electrons. The van der Waals surface area contributed by atoms with Crippen molar-refractivity contribution in [3.63, 3.8) is 0 Å². The first-order chi connectivity index (χ1) is 14.0. The number of halogens is 2. The monoisotopic (exact) mass is 446 g/mol. The number of hydrogen-bond acceptors (Lipinski definition) is 4. The summed E-state index contributed by atoms with van der Waals surface area (Å²) in [5, 5.41) is 3.89. The minimum absolute atomic E-state index is 0.0714. The number of carbonyl (C=O) groups excluding carboxylic acids is 1. The SMILES string of the molecule is Cc1ccccc1C(=O)N(Cc1csc(COc2cc(Cl)ccc2Cl)n1)C1CC1. The van der Waals surface area contributed by atoms with E-state index >= 15 is 0 Å². The molecule has 3 aromatic rings. The minimum Gasteiger partial charge on any atom is -0.485 e. The summed E-state index contributed by atoms with van der Waals surface area (Å²) in [4.78, 5) is 19.7. The Kier molecular flexibility index (Phi) is 6.09. The van der Waals surface area contributed by atoms with Crippen LogP contribution in [0, 0.1) is 6.92 Å². The van der Waals surface area contributed by atoms with Gasteiger partial charge in [0, 0.05) is 28.1 Å². The van der Waals surface area contributed by atoms with Crippen LogP contribution in [-0.4, -0.2) is 21.8 Å². The van der Waals surface area contributed by atoms with E-state index in [1.165, 1.54) is 11.3 Å². The van der Waals surface area contributed by atoms with Crippen LogP contribution in [0.15, 0.2) is 47.8 Å². The maximum Gasteiger partial charge on any atom is 0.254 e. The summed E-state index contributed by atoms with van der Waals surface area (Å²) in [5.41, 5.74) is 2.63. The highest BCUT2D eigenvalue weighted by atomic mass is 35.5. The maximum atomic E-state index is 13.1. The second-order valence-electron chi connectivity index (χ2n) is 7.08.